The van der Waals surface area contributed by atoms with E-state index in [0.717, 1.165) is 5.56 Å². The van der Waals surface area contributed by atoms with Gasteiger partial charge in [-0.25, -0.2) is 0 Å². The van der Waals surface area contributed by atoms with Crippen LogP contribution in [-0.4, -0.2) is 18.3 Å². The molecule has 0 aliphatic heterocycles. The zero-order chi connectivity index (χ0) is 17.6. The van der Waals surface area contributed by atoms with E-state index in [-0.39, 0.29) is 11.7 Å². The second-order valence-electron chi connectivity index (χ2n) is 5.09. The topological polar surface area (TPSA) is 63.5 Å². The molecule has 2 rings (SSSR count). The maximum atomic E-state index is 12.1. The smallest absolute Gasteiger partial charge is 0.467 e. The monoisotopic (exact) mass is 342 g/mol. The fourth-order valence-corrected chi connectivity index (χ4v) is 1.91. The minimum Gasteiger partial charge on any atom is -0.467 e. The molecule has 1 heterocycles. The lowest BCUT2D eigenvalue weighted by molar-refractivity contribution is -0.274. The van der Waals surface area contributed by atoms with Crippen LogP contribution < -0.4 is 15.4 Å². The molecule has 0 saturated carbocycles. The third kappa shape index (κ3) is 5.96. The summed E-state index contributed by atoms with van der Waals surface area (Å²) >= 11 is 0. The van der Waals surface area contributed by atoms with Gasteiger partial charge in [0.15, 0.2) is 0 Å². The van der Waals surface area contributed by atoms with Crippen molar-refractivity contribution in [1.82, 2.24) is 10.6 Å². The van der Waals surface area contributed by atoms with Crippen LogP contribution in [0.25, 0.3) is 0 Å². The number of carbonyl (C=O) groups is 1. The number of rotatable bonds is 7. The number of alkyl halides is 3. The van der Waals surface area contributed by atoms with Gasteiger partial charge in [0.05, 0.1) is 18.8 Å². The van der Waals surface area contributed by atoms with Gasteiger partial charge >= 0.3 is 6.36 Å². The Bertz CT molecular complexity index is 640. The predicted molar refractivity (Wildman–Crippen MR) is 80.0 cm³/mol. The molecule has 0 aliphatic carbocycles. The molecule has 24 heavy (non-hydrogen) atoms. The maximum Gasteiger partial charge on any atom is 0.573 e. The van der Waals surface area contributed by atoms with Crippen LogP contribution in [0.1, 0.15) is 18.2 Å². The summed E-state index contributed by atoms with van der Waals surface area (Å²) in [6.45, 7) is 2.32. The molecule has 0 radical (unpaired) electrons. The van der Waals surface area contributed by atoms with Crippen LogP contribution in [0.4, 0.5) is 13.2 Å². The summed E-state index contributed by atoms with van der Waals surface area (Å²) in [5.41, 5.74) is 0.732. The molecule has 2 N–H and O–H groups in total. The quantitative estimate of drug-likeness (QED) is 0.812. The van der Waals surface area contributed by atoms with Gasteiger partial charge in [-0.05, 0) is 36.8 Å². The van der Waals surface area contributed by atoms with E-state index in [2.05, 4.69) is 15.4 Å². The summed E-state index contributed by atoms with van der Waals surface area (Å²) in [6.07, 6.45) is -3.18. The van der Waals surface area contributed by atoms with Crippen molar-refractivity contribution in [3.05, 3.63) is 54.0 Å². The van der Waals surface area contributed by atoms with E-state index in [4.69, 9.17) is 4.42 Å². The molecule has 2 aromatic rings. The minimum atomic E-state index is -4.71. The average Bonchev–Trinajstić information content (AvgIpc) is 3.03. The van der Waals surface area contributed by atoms with Gasteiger partial charge in [-0.1, -0.05) is 12.1 Å². The van der Waals surface area contributed by atoms with Crippen LogP contribution in [0.5, 0.6) is 5.75 Å². The Kier molecular flexibility index (Phi) is 5.86. The second kappa shape index (κ2) is 7.87. The van der Waals surface area contributed by atoms with Crippen LogP contribution in [0.2, 0.25) is 0 Å². The molecule has 0 spiro atoms. The van der Waals surface area contributed by atoms with Crippen LogP contribution in [0.15, 0.2) is 47.1 Å². The molecule has 1 aromatic heterocycles. The summed E-state index contributed by atoms with van der Waals surface area (Å²) in [6, 6.07) is 8.48. The summed E-state index contributed by atoms with van der Waals surface area (Å²) in [4.78, 5) is 11.9. The van der Waals surface area contributed by atoms with E-state index in [1.54, 1.807) is 19.1 Å². The summed E-state index contributed by atoms with van der Waals surface area (Å²) < 4.78 is 45.1. The van der Waals surface area contributed by atoms with E-state index in [9.17, 15) is 18.0 Å². The molecule has 1 atom stereocenters. The number of amides is 1. The van der Waals surface area contributed by atoms with E-state index in [1.165, 1.54) is 30.5 Å². The number of furan rings is 1. The lowest BCUT2D eigenvalue weighted by atomic mass is 10.2. The summed E-state index contributed by atoms with van der Waals surface area (Å²) in [7, 11) is 0. The van der Waals surface area contributed by atoms with Crippen molar-refractivity contribution in [2.24, 2.45) is 0 Å². The molecule has 5 nitrogen and oxygen atoms in total. The molecular formula is C16H17F3N2O3. The zero-order valence-corrected chi connectivity index (χ0v) is 12.9. The molecule has 0 saturated heterocycles. The Morgan fingerprint density at radius 2 is 1.92 bits per heavy atom. The molecular weight excluding hydrogens is 325 g/mol. The van der Waals surface area contributed by atoms with Gasteiger partial charge < -0.3 is 19.8 Å². The highest BCUT2D eigenvalue weighted by Gasteiger charge is 2.30. The molecule has 0 bridgehead atoms. The van der Waals surface area contributed by atoms with Crippen molar-refractivity contribution in [3.63, 3.8) is 0 Å². The van der Waals surface area contributed by atoms with Gasteiger partial charge in [-0.15, -0.1) is 13.2 Å². The number of halogens is 3. The highest BCUT2D eigenvalue weighted by molar-refractivity contribution is 5.81. The van der Waals surface area contributed by atoms with E-state index < -0.39 is 12.4 Å². The van der Waals surface area contributed by atoms with Gasteiger partial charge in [0.1, 0.15) is 11.5 Å². The van der Waals surface area contributed by atoms with Crippen molar-refractivity contribution in [1.29, 1.82) is 0 Å². The van der Waals surface area contributed by atoms with Crippen molar-refractivity contribution >= 4 is 5.91 Å². The van der Waals surface area contributed by atoms with Crippen LogP contribution in [-0.2, 0) is 17.9 Å². The number of carbonyl (C=O) groups excluding carboxylic acids is 1. The zero-order valence-electron chi connectivity index (χ0n) is 12.9. The third-order valence-electron chi connectivity index (χ3n) is 3.18. The Morgan fingerprint density at radius 3 is 2.50 bits per heavy atom. The summed E-state index contributed by atoms with van der Waals surface area (Å²) in [5.74, 6) is 0.162. The Hall–Kier alpha value is -2.48. The first-order chi connectivity index (χ1) is 11.3. The molecule has 1 aromatic carbocycles. The fraction of sp³-hybridized carbons (Fsp3) is 0.312. The van der Waals surface area contributed by atoms with Gasteiger partial charge in [0, 0.05) is 6.54 Å². The minimum absolute atomic E-state index is 0.205. The Balaban J connectivity index is 1.76. The fourth-order valence-electron chi connectivity index (χ4n) is 1.91. The normalized spacial score (nSPS) is 12.7. The average molecular weight is 342 g/mol. The van der Waals surface area contributed by atoms with Gasteiger partial charge in [-0.3, -0.25) is 4.79 Å². The first-order valence-corrected chi connectivity index (χ1v) is 7.21. The first kappa shape index (κ1) is 17.9. The number of nitrogens with one attached hydrogen (secondary N) is 2. The second-order valence-corrected chi connectivity index (χ2v) is 5.09. The van der Waals surface area contributed by atoms with Gasteiger partial charge in [0.2, 0.25) is 5.91 Å². The molecule has 0 aliphatic rings. The Morgan fingerprint density at radius 1 is 1.21 bits per heavy atom. The number of hydrogen-bond acceptors (Lipinski definition) is 4. The SMILES string of the molecule is CC(NCc1ccc(OC(F)(F)F)cc1)C(=O)NCc1ccco1. The van der Waals surface area contributed by atoms with Crippen molar-refractivity contribution < 1.29 is 27.1 Å². The van der Waals surface area contributed by atoms with Crippen LogP contribution in [0.3, 0.4) is 0 Å². The van der Waals surface area contributed by atoms with Crippen LogP contribution in [0, 0.1) is 0 Å². The molecule has 8 heteroatoms. The van der Waals surface area contributed by atoms with E-state index >= 15 is 0 Å². The third-order valence-corrected chi connectivity index (χ3v) is 3.18. The summed E-state index contributed by atoms with van der Waals surface area (Å²) in [5, 5.41) is 5.71. The molecule has 0 fully saturated rings. The lowest BCUT2D eigenvalue weighted by Gasteiger charge is -2.14. The number of ether oxygens (including phenoxy) is 1. The Labute approximate surface area is 136 Å². The standard InChI is InChI=1S/C16H17F3N2O3/c1-11(15(22)21-10-14-3-2-8-23-14)20-9-12-4-6-13(7-5-12)24-16(17,18)19/h2-8,11,20H,9-10H2,1H3,(H,21,22). The molecule has 1 amide bonds. The first-order valence-electron chi connectivity index (χ1n) is 7.21. The van der Waals surface area contributed by atoms with E-state index in [0.29, 0.717) is 18.8 Å². The van der Waals surface area contributed by atoms with Crippen LogP contribution >= 0.6 is 0 Å². The molecule has 1 unspecified atom stereocenters. The number of benzene rings is 1. The van der Waals surface area contributed by atoms with Crippen molar-refractivity contribution in [3.8, 4) is 5.75 Å². The van der Waals surface area contributed by atoms with E-state index in [1.807, 2.05) is 0 Å². The largest absolute Gasteiger partial charge is 0.573 e. The van der Waals surface area contributed by atoms with Gasteiger partial charge in [-0.2, -0.15) is 0 Å². The van der Waals surface area contributed by atoms with Crippen molar-refractivity contribution in [2.75, 3.05) is 0 Å². The molecule has 130 valence electrons. The van der Waals surface area contributed by atoms with Crippen molar-refractivity contribution in [2.45, 2.75) is 32.4 Å². The highest BCUT2D eigenvalue weighted by Crippen LogP contribution is 2.22. The lowest BCUT2D eigenvalue weighted by Crippen LogP contribution is -2.41. The number of hydrogen-bond donors (Lipinski definition) is 2. The predicted octanol–water partition coefficient (Wildman–Crippen LogP) is 2.97. The highest BCUT2D eigenvalue weighted by atomic mass is 19.4. The maximum absolute atomic E-state index is 12.1. The van der Waals surface area contributed by atoms with Gasteiger partial charge in [0.25, 0.3) is 0 Å².